The maximum absolute atomic E-state index is 11.1. The van der Waals surface area contributed by atoms with Gasteiger partial charge in [0.25, 0.3) is 12.1 Å². The smallest absolute Gasteiger partial charge is 0.282 e. The summed E-state index contributed by atoms with van der Waals surface area (Å²) in [6, 6.07) is 3.20. The van der Waals surface area contributed by atoms with Crippen molar-refractivity contribution in [1.29, 1.82) is 0 Å². The van der Waals surface area contributed by atoms with Gasteiger partial charge in [0, 0.05) is 6.07 Å². The minimum Gasteiger partial charge on any atom is -0.394 e. The number of aliphatic hydroxyl groups excluding tert-OH is 2. The van der Waals surface area contributed by atoms with Gasteiger partial charge in [-0.05, 0) is 6.07 Å². The van der Waals surface area contributed by atoms with E-state index in [9.17, 15) is 9.90 Å². The number of hydrogen-bond donors (Lipinski definition) is 3. The van der Waals surface area contributed by atoms with Gasteiger partial charge < -0.3 is 20.7 Å². The highest BCUT2D eigenvalue weighted by molar-refractivity contribution is 6.21. The van der Waals surface area contributed by atoms with Gasteiger partial charge in [0.15, 0.2) is 17.8 Å². The molecular formula is C11H14ClN2O4+. The number of amides is 1. The average molecular weight is 274 g/mol. The van der Waals surface area contributed by atoms with Crippen molar-refractivity contribution in [1.82, 2.24) is 0 Å². The Kier molecular flexibility index (Phi) is 3.82. The zero-order chi connectivity index (χ0) is 13.3. The zero-order valence-corrected chi connectivity index (χ0v) is 10.2. The molecule has 1 fully saturated rings. The lowest BCUT2D eigenvalue weighted by Crippen LogP contribution is -2.44. The number of nitrogens with two attached hydrogens (primary N) is 1. The Balaban J connectivity index is 2.27. The summed E-state index contributed by atoms with van der Waals surface area (Å²) in [6.07, 6.45) is 0.792. The number of rotatable bonds is 3. The molecule has 98 valence electrons. The Morgan fingerprint density at radius 2 is 2.33 bits per heavy atom. The average Bonchev–Trinajstić information content (AvgIpc) is 2.66. The van der Waals surface area contributed by atoms with E-state index in [1.165, 1.54) is 6.20 Å². The number of halogens is 1. The van der Waals surface area contributed by atoms with Gasteiger partial charge in [0.2, 0.25) is 0 Å². The van der Waals surface area contributed by atoms with Crippen LogP contribution in [-0.4, -0.2) is 40.3 Å². The van der Waals surface area contributed by atoms with E-state index in [0.717, 1.165) is 0 Å². The van der Waals surface area contributed by atoms with Crippen molar-refractivity contribution < 1.29 is 24.3 Å². The van der Waals surface area contributed by atoms with Crippen LogP contribution in [0.2, 0.25) is 0 Å². The summed E-state index contributed by atoms with van der Waals surface area (Å²) in [5.41, 5.74) is 5.49. The molecule has 1 aliphatic rings. The summed E-state index contributed by atoms with van der Waals surface area (Å²) in [5.74, 6) is -0.562. The van der Waals surface area contributed by atoms with Crippen LogP contribution < -0.4 is 10.3 Å². The van der Waals surface area contributed by atoms with Crippen molar-refractivity contribution in [3.8, 4) is 0 Å². The first kappa shape index (κ1) is 13.2. The lowest BCUT2D eigenvalue weighted by Gasteiger charge is -2.09. The Morgan fingerprint density at radius 1 is 1.61 bits per heavy atom. The van der Waals surface area contributed by atoms with Gasteiger partial charge in [0.1, 0.15) is 17.8 Å². The molecule has 4 atom stereocenters. The molecule has 1 amide bonds. The van der Waals surface area contributed by atoms with Gasteiger partial charge in [-0.3, -0.25) is 4.79 Å². The van der Waals surface area contributed by atoms with E-state index >= 15 is 0 Å². The maximum Gasteiger partial charge on any atom is 0.282 e. The topological polar surface area (TPSA) is 96.7 Å². The first-order valence-corrected chi connectivity index (χ1v) is 5.87. The first-order chi connectivity index (χ1) is 8.54. The minimum absolute atomic E-state index is 0.312. The highest BCUT2D eigenvalue weighted by atomic mass is 35.5. The monoisotopic (exact) mass is 273 g/mol. The van der Waals surface area contributed by atoms with E-state index in [2.05, 4.69) is 0 Å². The van der Waals surface area contributed by atoms with Crippen LogP contribution in [0.4, 0.5) is 0 Å². The largest absolute Gasteiger partial charge is 0.394 e. The second-order valence-corrected chi connectivity index (χ2v) is 4.59. The summed E-state index contributed by atoms with van der Waals surface area (Å²) in [5, 5.41) is 18.1. The van der Waals surface area contributed by atoms with Gasteiger partial charge in [0.05, 0.1) is 6.61 Å². The number of carbonyl (C=O) groups is 1. The predicted molar refractivity (Wildman–Crippen MR) is 61.8 cm³/mol. The molecule has 0 aliphatic carbocycles. The summed E-state index contributed by atoms with van der Waals surface area (Å²) in [7, 11) is 0. The molecule has 0 radical (unpaired) electrons. The van der Waals surface area contributed by atoms with Crippen molar-refractivity contribution in [2.75, 3.05) is 6.61 Å². The van der Waals surface area contributed by atoms with Crippen molar-refractivity contribution in [3.63, 3.8) is 0 Å². The number of pyridine rings is 1. The van der Waals surface area contributed by atoms with E-state index in [1.54, 1.807) is 22.9 Å². The van der Waals surface area contributed by atoms with Crippen LogP contribution in [0.3, 0.4) is 0 Å². The van der Waals surface area contributed by atoms with Crippen LogP contribution in [0, 0.1) is 0 Å². The quantitative estimate of drug-likeness (QED) is 0.483. The Morgan fingerprint density at radius 3 is 2.89 bits per heavy atom. The van der Waals surface area contributed by atoms with Gasteiger partial charge in [-0.1, -0.05) is 0 Å². The molecule has 1 aromatic rings. The second-order valence-electron chi connectivity index (χ2n) is 4.09. The van der Waals surface area contributed by atoms with Crippen molar-refractivity contribution in [2.45, 2.75) is 23.8 Å². The van der Waals surface area contributed by atoms with Crippen LogP contribution in [0.5, 0.6) is 0 Å². The summed E-state index contributed by atoms with van der Waals surface area (Å²) >= 11 is 6.05. The molecule has 2 rings (SSSR count). The van der Waals surface area contributed by atoms with Gasteiger partial charge in [-0.25, -0.2) is 0 Å². The summed E-state index contributed by atoms with van der Waals surface area (Å²) in [4.78, 5) is 11.1. The molecular weight excluding hydrogens is 260 g/mol. The normalized spacial score (nSPS) is 31.5. The third kappa shape index (κ3) is 2.32. The fourth-order valence-corrected chi connectivity index (χ4v) is 2.24. The number of aliphatic hydroxyl groups is 2. The molecule has 1 aromatic heterocycles. The number of ether oxygens (including phenoxy) is 1. The number of alkyl halides is 1. The summed E-state index contributed by atoms with van der Waals surface area (Å²) < 4.78 is 6.99. The molecule has 1 aliphatic heterocycles. The highest BCUT2D eigenvalue weighted by Gasteiger charge is 2.47. The Labute approximate surface area is 109 Å². The van der Waals surface area contributed by atoms with Crippen LogP contribution in [0.1, 0.15) is 16.6 Å². The van der Waals surface area contributed by atoms with E-state index in [1.807, 2.05) is 0 Å². The Hall–Kier alpha value is -1.21. The predicted octanol–water partition coefficient (Wildman–Crippen LogP) is -1.07. The van der Waals surface area contributed by atoms with Crippen molar-refractivity contribution in [2.24, 2.45) is 5.73 Å². The third-order valence-electron chi connectivity index (χ3n) is 2.87. The number of primary amides is 1. The number of hydrogen-bond acceptors (Lipinski definition) is 4. The molecule has 0 saturated carbocycles. The molecule has 2 heterocycles. The Bertz CT molecular complexity index is 456. The van der Waals surface area contributed by atoms with Crippen LogP contribution >= 0.6 is 11.6 Å². The van der Waals surface area contributed by atoms with E-state index in [4.69, 9.17) is 27.2 Å². The van der Waals surface area contributed by atoms with Crippen LogP contribution in [-0.2, 0) is 4.74 Å². The van der Waals surface area contributed by atoms with Crippen LogP contribution in [0.25, 0.3) is 0 Å². The third-order valence-corrected chi connectivity index (χ3v) is 3.35. The van der Waals surface area contributed by atoms with Crippen molar-refractivity contribution >= 4 is 17.5 Å². The van der Waals surface area contributed by atoms with Gasteiger partial charge >= 0.3 is 0 Å². The molecule has 0 spiro atoms. The minimum atomic E-state index is -0.966. The lowest BCUT2D eigenvalue weighted by molar-refractivity contribution is -0.758. The zero-order valence-electron chi connectivity index (χ0n) is 9.44. The molecule has 4 unspecified atom stereocenters. The molecule has 1 saturated heterocycles. The fourth-order valence-electron chi connectivity index (χ4n) is 1.89. The van der Waals surface area contributed by atoms with Crippen molar-refractivity contribution in [3.05, 3.63) is 30.1 Å². The van der Waals surface area contributed by atoms with Gasteiger partial charge in [-0.15, -0.1) is 11.6 Å². The van der Waals surface area contributed by atoms with E-state index in [0.29, 0.717) is 5.56 Å². The molecule has 4 N–H and O–H groups in total. The first-order valence-electron chi connectivity index (χ1n) is 5.43. The second kappa shape index (κ2) is 5.19. The van der Waals surface area contributed by atoms with E-state index < -0.39 is 29.7 Å². The molecule has 0 bridgehead atoms. The molecule has 6 nitrogen and oxygen atoms in total. The highest BCUT2D eigenvalue weighted by Crippen LogP contribution is 2.29. The molecule has 0 aromatic carbocycles. The summed E-state index contributed by atoms with van der Waals surface area (Å²) in [6.45, 7) is -0.322. The fraction of sp³-hybridized carbons (Fsp3) is 0.455. The SMILES string of the molecule is NC(=O)c1ccc[n+](C2OC(CO)C(O)C2Cl)c1. The van der Waals surface area contributed by atoms with Crippen LogP contribution in [0.15, 0.2) is 24.5 Å². The number of nitrogens with zero attached hydrogens (tertiary/aromatic N) is 1. The van der Waals surface area contributed by atoms with Gasteiger partial charge in [-0.2, -0.15) is 4.57 Å². The molecule has 18 heavy (non-hydrogen) atoms. The standard InChI is InChI=1S/C11H13ClN2O4/c12-8-9(16)7(5-15)18-11(8)14-3-1-2-6(4-14)10(13)17/h1-4,7-9,11,15-16H,5H2,(H-,13,17)/p+1. The maximum atomic E-state index is 11.1. The number of carbonyl (C=O) groups excluding carboxylic acids is 1. The number of aromatic nitrogens is 1. The molecule has 7 heteroatoms. The van der Waals surface area contributed by atoms with E-state index in [-0.39, 0.29) is 6.61 Å². The lowest BCUT2D eigenvalue weighted by atomic mass is 10.2.